The van der Waals surface area contributed by atoms with Gasteiger partial charge in [0.05, 0.1) is 5.69 Å². The molecule has 0 bridgehead atoms. The maximum absolute atomic E-state index is 13.3. The number of rotatable bonds is 4. The van der Waals surface area contributed by atoms with E-state index in [1.165, 1.54) is 17.4 Å². The Bertz CT molecular complexity index is 1370. The van der Waals surface area contributed by atoms with Crippen LogP contribution in [0.1, 0.15) is 64.6 Å². The molecule has 1 saturated carbocycles. The third-order valence-corrected chi connectivity index (χ3v) is 6.42. The number of aryl methyl sites for hydroxylation is 3. The number of hydrogen-bond acceptors (Lipinski definition) is 4. The van der Waals surface area contributed by atoms with Crippen LogP contribution in [0.3, 0.4) is 0 Å². The molecule has 0 saturated heterocycles. The van der Waals surface area contributed by atoms with Gasteiger partial charge in [0.1, 0.15) is 5.56 Å². The Balaban J connectivity index is 1.56. The second kappa shape index (κ2) is 7.78. The number of benzene rings is 1. The zero-order valence-corrected chi connectivity index (χ0v) is 18.5. The first kappa shape index (κ1) is 20.2. The first-order chi connectivity index (χ1) is 15.5. The highest BCUT2D eigenvalue weighted by Crippen LogP contribution is 2.38. The molecule has 0 radical (unpaired) electrons. The van der Waals surface area contributed by atoms with E-state index in [1.807, 2.05) is 44.2 Å². The average Bonchev–Trinajstić information content (AvgIpc) is 3.48. The van der Waals surface area contributed by atoms with Crippen LogP contribution in [0, 0.1) is 20.8 Å². The van der Waals surface area contributed by atoms with Crippen molar-refractivity contribution in [3.05, 3.63) is 68.9 Å². The summed E-state index contributed by atoms with van der Waals surface area (Å²) in [5, 5.41) is 13.3. The zero-order valence-electron chi connectivity index (χ0n) is 18.5. The van der Waals surface area contributed by atoms with E-state index in [9.17, 15) is 9.59 Å². The van der Waals surface area contributed by atoms with Crippen molar-refractivity contribution in [2.24, 2.45) is 0 Å². The van der Waals surface area contributed by atoms with Gasteiger partial charge in [0.25, 0.3) is 11.5 Å². The fraction of sp³-hybridized carbons (Fsp3) is 0.333. The lowest BCUT2D eigenvalue weighted by molar-refractivity contribution is 0.102. The van der Waals surface area contributed by atoms with E-state index in [1.54, 1.807) is 6.92 Å². The van der Waals surface area contributed by atoms with Crippen LogP contribution in [0.5, 0.6) is 0 Å². The number of carbonyl (C=O) groups excluding carboxylic acids is 1. The van der Waals surface area contributed by atoms with E-state index in [-0.39, 0.29) is 5.56 Å². The molecule has 164 valence electrons. The van der Waals surface area contributed by atoms with Crippen molar-refractivity contribution in [2.45, 2.75) is 52.4 Å². The van der Waals surface area contributed by atoms with Crippen LogP contribution in [-0.2, 0) is 0 Å². The number of hydrogen-bond donors (Lipinski definition) is 3. The van der Waals surface area contributed by atoms with Crippen LogP contribution >= 0.6 is 0 Å². The highest BCUT2D eigenvalue weighted by molar-refractivity contribution is 6.05. The second-order valence-corrected chi connectivity index (χ2v) is 8.56. The molecule has 0 aliphatic heterocycles. The molecule has 3 N–H and O–H groups in total. The number of amides is 1. The van der Waals surface area contributed by atoms with Crippen LogP contribution < -0.4 is 10.9 Å². The number of fused-ring (bicyclic) bond motifs is 1. The van der Waals surface area contributed by atoms with Gasteiger partial charge in [-0.1, -0.05) is 43.2 Å². The van der Waals surface area contributed by atoms with Gasteiger partial charge in [0, 0.05) is 22.5 Å². The standard InChI is InChI=1S/C24H26N6O2/c1-13-20(23(31)26-21-18(14(2)27-28-21)16-11-7-8-12-16)24(32)30-22(25-13)19(15(3)29-30)17-9-5-4-6-10-17/h4-6,9-10,16,29H,7-8,11-12H2,1-3H3,(H2,26,27,28,31). The smallest absolute Gasteiger partial charge is 0.285 e. The molecule has 1 fully saturated rings. The van der Waals surface area contributed by atoms with E-state index in [4.69, 9.17) is 0 Å². The molecule has 8 heteroatoms. The minimum absolute atomic E-state index is 0.0152. The summed E-state index contributed by atoms with van der Waals surface area (Å²) in [4.78, 5) is 31.2. The fourth-order valence-electron chi connectivity index (χ4n) is 4.92. The summed E-state index contributed by atoms with van der Waals surface area (Å²) in [6, 6.07) is 9.78. The fourth-order valence-corrected chi connectivity index (χ4v) is 4.92. The number of H-pyrrole nitrogens is 2. The molecule has 3 aromatic heterocycles. The molecule has 4 aromatic rings. The molecule has 1 amide bonds. The Morgan fingerprint density at radius 1 is 1.09 bits per heavy atom. The third-order valence-electron chi connectivity index (χ3n) is 6.42. The van der Waals surface area contributed by atoms with Crippen molar-refractivity contribution in [1.29, 1.82) is 0 Å². The van der Waals surface area contributed by atoms with Gasteiger partial charge >= 0.3 is 0 Å². The third kappa shape index (κ3) is 3.23. The summed E-state index contributed by atoms with van der Waals surface area (Å²) in [5.74, 6) is 0.399. The predicted molar refractivity (Wildman–Crippen MR) is 123 cm³/mol. The van der Waals surface area contributed by atoms with Crippen molar-refractivity contribution in [2.75, 3.05) is 5.32 Å². The predicted octanol–water partition coefficient (Wildman–Crippen LogP) is 4.25. The van der Waals surface area contributed by atoms with E-state index < -0.39 is 11.5 Å². The number of nitrogens with zero attached hydrogens (tertiary/aromatic N) is 3. The Labute approximate surface area is 185 Å². The molecule has 1 aliphatic carbocycles. The molecule has 1 aliphatic rings. The van der Waals surface area contributed by atoms with Gasteiger partial charge < -0.3 is 5.32 Å². The molecule has 0 spiro atoms. The lowest BCUT2D eigenvalue weighted by Gasteiger charge is -2.12. The van der Waals surface area contributed by atoms with E-state index in [0.717, 1.165) is 40.9 Å². The number of aromatic amines is 2. The van der Waals surface area contributed by atoms with Gasteiger partial charge in [-0.3, -0.25) is 19.8 Å². The van der Waals surface area contributed by atoms with E-state index in [2.05, 4.69) is 25.6 Å². The molecule has 8 nitrogen and oxygen atoms in total. The van der Waals surface area contributed by atoms with Crippen molar-refractivity contribution >= 4 is 17.4 Å². The Kier molecular flexibility index (Phi) is 4.92. The zero-order chi connectivity index (χ0) is 22.4. The van der Waals surface area contributed by atoms with Crippen LogP contribution in [0.2, 0.25) is 0 Å². The summed E-state index contributed by atoms with van der Waals surface area (Å²) in [5.41, 5.74) is 5.11. The number of anilines is 1. The van der Waals surface area contributed by atoms with Crippen LogP contribution in [0.15, 0.2) is 35.1 Å². The maximum atomic E-state index is 13.3. The lowest BCUT2D eigenvalue weighted by atomic mass is 9.97. The number of carbonyl (C=O) groups is 1. The summed E-state index contributed by atoms with van der Waals surface area (Å²) in [6.07, 6.45) is 4.53. The highest BCUT2D eigenvalue weighted by atomic mass is 16.2. The Morgan fingerprint density at radius 2 is 1.81 bits per heavy atom. The molecular weight excluding hydrogens is 404 g/mol. The molecule has 32 heavy (non-hydrogen) atoms. The van der Waals surface area contributed by atoms with Gasteiger partial charge in [-0.05, 0) is 45.1 Å². The molecule has 1 aromatic carbocycles. The summed E-state index contributed by atoms with van der Waals surface area (Å²) >= 11 is 0. The minimum atomic E-state index is -0.492. The van der Waals surface area contributed by atoms with Gasteiger partial charge in [-0.15, -0.1) is 0 Å². The molecule has 3 heterocycles. The molecule has 0 unspecified atom stereocenters. The second-order valence-electron chi connectivity index (χ2n) is 8.56. The molecule has 5 rings (SSSR count). The van der Waals surface area contributed by atoms with Crippen molar-refractivity contribution in [3.8, 4) is 11.1 Å². The van der Waals surface area contributed by atoms with Gasteiger partial charge in [0.2, 0.25) is 0 Å². The van der Waals surface area contributed by atoms with Crippen LogP contribution in [0.25, 0.3) is 16.8 Å². The highest BCUT2D eigenvalue weighted by Gasteiger charge is 2.27. The number of aromatic nitrogens is 5. The first-order valence-corrected chi connectivity index (χ1v) is 11.0. The van der Waals surface area contributed by atoms with Gasteiger partial charge in [-0.2, -0.15) is 5.10 Å². The maximum Gasteiger partial charge on any atom is 0.285 e. The Hall–Kier alpha value is -3.68. The minimum Gasteiger partial charge on any atom is -0.305 e. The van der Waals surface area contributed by atoms with Crippen molar-refractivity contribution in [3.63, 3.8) is 0 Å². The molecule has 0 atom stereocenters. The number of nitrogens with one attached hydrogen (secondary N) is 3. The lowest BCUT2D eigenvalue weighted by Crippen LogP contribution is -2.29. The Morgan fingerprint density at radius 3 is 2.53 bits per heavy atom. The largest absolute Gasteiger partial charge is 0.305 e. The summed E-state index contributed by atoms with van der Waals surface area (Å²) < 4.78 is 1.35. The van der Waals surface area contributed by atoms with Crippen molar-refractivity contribution in [1.82, 2.24) is 24.8 Å². The topological polar surface area (TPSA) is 108 Å². The van der Waals surface area contributed by atoms with Crippen molar-refractivity contribution < 1.29 is 4.79 Å². The first-order valence-electron chi connectivity index (χ1n) is 11.0. The van der Waals surface area contributed by atoms with Gasteiger partial charge in [-0.25, -0.2) is 9.50 Å². The molecular formula is C24H26N6O2. The summed E-state index contributed by atoms with van der Waals surface area (Å²) in [7, 11) is 0. The average molecular weight is 431 g/mol. The normalized spacial score (nSPS) is 14.3. The van der Waals surface area contributed by atoms with E-state index >= 15 is 0 Å². The summed E-state index contributed by atoms with van der Waals surface area (Å²) in [6.45, 7) is 5.56. The monoisotopic (exact) mass is 430 g/mol. The van der Waals surface area contributed by atoms with E-state index in [0.29, 0.717) is 23.1 Å². The van der Waals surface area contributed by atoms with Crippen LogP contribution in [-0.4, -0.2) is 30.7 Å². The SMILES string of the molecule is Cc1nc2c(-c3ccccc3)c(C)[nH]n2c(=O)c1C(=O)Nc1n[nH]c(C)c1C1CCCC1. The van der Waals surface area contributed by atoms with Crippen LogP contribution in [0.4, 0.5) is 5.82 Å². The quantitative estimate of drug-likeness (QED) is 0.450. The van der Waals surface area contributed by atoms with Gasteiger partial charge in [0.15, 0.2) is 11.5 Å².